The van der Waals surface area contributed by atoms with Crippen molar-refractivity contribution >= 4 is 34.3 Å². The van der Waals surface area contributed by atoms with Gasteiger partial charge in [0, 0.05) is 12.1 Å². The third-order valence-electron chi connectivity index (χ3n) is 5.80. The molecule has 4 rings (SSSR count). The van der Waals surface area contributed by atoms with E-state index in [1.165, 1.54) is 11.3 Å². The highest BCUT2D eigenvalue weighted by Gasteiger charge is 2.12. The van der Waals surface area contributed by atoms with Gasteiger partial charge < -0.3 is 21.2 Å². The van der Waals surface area contributed by atoms with Crippen LogP contribution in [0.2, 0.25) is 0 Å². The highest BCUT2D eigenvalue weighted by atomic mass is 32.1. The largest absolute Gasteiger partial charge is 0.481 e. The Hall–Kier alpha value is -4.51. The molecular formula is C28H30N6O4S. The summed E-state index contributed by atoms with van der Waals surface area (Å²) in [4.78, 5) is 35.5. The number of aliphatic carboxylic acids is 1. The lowest BCUT2D eigenvalue weighted by molar-refractivity contribution is -0.136. The molecule has 202 valence electrons. The Kier molecular flexibility index (Phi) is 9.79. The van der Waals surface area contributed by atoms with Gasteiger partial charge >= 0.3 is 5.97 Å². The molecule has 1 aromatic heterocycles. The van der Waals surface area contributed by atoms with Crippen LogP contribution in [0.15, 0.2) is 78.3 Å². The van der Waals surface area contributed by atoms with E-state index in [1.54, 1.807) is 24.3 Å². The van der Waals surface area contributed by atoms with Gasteiger partial charge in [-0.2, -0.15) is 0 Å². The lowest BCUT2D eigenvalue weighted by Gasteiger charge is -2.20. The third kappa shape index (κ3) is 9.38. The van der Waals surface area contributed by atoms with Crippen molar-refractivity contribution in [2.24, 2.45) is 0 Å². The fraction of sp³-hybridized carbons (Fsp3) is 0.250. The Labute approximate surface area is 230 Å². The van der Waals surface area contributed by atoms with Crippen molar-refractivity contribution in [3.8, 4) is 0 Å². The monoisotopic (exact) mass is 546 g/mol. The van der Waals surface area contributed by atoms with Crippen molar-refractivity contribution < 1.29 is 19.5 Å². The summed E-state index contributed by atoms with van der Waals surface area (Å²) in [7, 11) is 0. The quantitative estimate of drug-likeness (QED) is 0.206. The molecule has 0 radical (unpaired) electrons. The van der Waals surface area contributed by atoms with Crippen molar-refractivity contribution in [1.82, 2.24) is 26.4 Å². The zero-order valence-corrected chi connectivity index (χ0v) is 22.1. The highest BCUT2D eigenvalue weighted by molar-refractivity contribution is 7.15. The molecule has 3 aromatic rings. The summed E-state index contributed by atoms with van der Waals surface area (Å²) < 4.78 is 0. The van der Waals surface area contributed by atoms with Gasteiger partial charge in [0.25, 0.3) is 0 Å². The summed E-state index contributed by atoms with van der Waals surface area (Å²) >= 11 is 1.35. The van der Waals surface area contributed by atoms with Gasteiger partial charge in [-0.25, -0.2) is 0 Å². The van der Waals surface area contributed by atoms with Crippen LogP contribution in [0.3, 0.4) is 0 Å². The van der Waals surface area contributed by atoms with Crippen LogP contribution in [0, 0.1) is 0 Å². The topological polar surface area (TPSA) is 145 Å². The fourth-order valence-corrected chi connectivity index (χ4v) is 4.78. The minimum atomic E-state index is -0.910. The Morgan fingerprint density at radius 1 is 0.769 bits per heavy atom. The zero-order chi connectivity index (χ0) is 27.5. The van der Waals surface area contributed by atoms with E-state index in [4.69, 9.17) is 5.11 Å². The normalized spacial score (nSPS) is 12.4. The number of anilines is 1. The summed E-state index contributed by atoms with van der Waals surface area (Å²) in [6.45, 7) is 0. The van der Waals surface area contributed by atoms with Crippen molar-refractivity contribution in [3.63, 3.8) is 0 Å². The van der Waals surface area contributed by atoms with E-state index < -0.39 is 5.97 Å². The molecule has 0 saturated carbocycles. The van der Waals surface area contributed by atoms with Gasteiger partial charge in [0.15, 0.2) is 0 Å². The summed E-state index contributed by atoms with van der Waals surface area (Å²) in [6.07, 6.45) is 7.58. The van der Waals surface area contributed by atoms with Gasteiger partial charge in [-0.05, 0) is 48.1 Å². The maximum absolute atomic E-state index is 12.4. The molecule has 0 atom stereocenters. The molecule has 1 aliphatic rings. The average molecular weight is 547 g/mol. The van der Waals surface area contributed by atoms with Crippen LogP contribution < -0.4 is 21.5 Å². The first-order valence-corrected chi connectivity index (χ1v) is 13.4. The second-order valence-corrected chi connectivity index (χ2v) is 10.1. The number of nitrogens with one attached hydrogen (secondary N) is 4. The van der Waals surface area contributed by atoms with Crippen LogP contribution in [-0.2, 0) is 40.1 Å². The standard InChI is InChI=1S/C28H30N6O4S/c35-24(16-19-7-2-1-3-8-19)29-23-14-13-22(31-32-23)11-4-5-12-26-33-34-28(39-26)30-25(36)17-20-9-6-10-21(15-20)18-27(37)38/h1-3,6-10,13-15,31-32H,4-5,11-12,16-18H2,(H,29,35)(H,37,38)(H,30,34,36). The van der Waals surface area contributed by atoms with Crippen LogP contribution in [0.5, 0.6) is 0 Å². The van der Waals surface area contributed by atoms with Crippen molar-refractivity contribution in [2.75, 3.05) is 5.32 Å². The van der Waals surface area contributed by atoms with Gasteiger partial charge in [0.05, 0.1) is 19.3 Å². The van der Waals surface area contributed by atoms with Crippen LogP contribution in [0.1, 0.15) is 41.0 Å². The molecule has 0 fully saturated rings. The Morgan fingerprint density at radius 3 is 2.21 bits per heavy atom. The van der Waals surface area contributed by atoms with Crippen LogP contribution in [0.4, 0.5) is 5.13 Å². The second kappa shape index (κ2) is 13.9. The molecule has 10 nitrogen and oxygen atoms in total. The number of hydrazine groups is 1. The number of carbonyl (C=O) groups is 3. The molecule has 2 heterocycles. The van der Waals surface area contributed by atoms with E-state index in [9.17, 15) is 14.4 Å². The maximum Gasteiger partial charge on any atom is 0.307 e. The number of carboxylic acids is 1. The first kappa shape index (κ1) is 27.5. The Morgan fingerprint density at radius 2 is 1.46 bits per heavy atom. The van der Waals surface area contributed by atoms with E-state index in [-0.39, 0.29) is 24.7 Å². The molecule has 2 amide bonds. The minimum absolute atomic E-state index is 0.0791. The molecule has 39 heavy (non-hydrogen) atoms. The number of benzene rings is 2. The summed E-state index contributed by atoms with van der Waals surface area (Å²) in [6, 6.07) is 16.6. The summed E-state index contributed by atoms with van der Waals surface area (Å²) in [5, 5.41) is 24.1. The fourth-order valence-electron chi connectivity index (χ4n) is 3.98. The van der Waals surface area contributed by atoms with Crippen molar-refractivity contribution in [1.29, 1.82) is 0 Å². The van der Waals surface area contributed by atoms with Crippen molar-refractivity contribution in [2.45, 2.75) is 44.9 Å². The van der Waals surface area contributed by atoms with E-state index in [0.29, 0.717) is 22.9 Å². The molecule has 0 bridgehead atoms. The number of amides is 2. The Balaban J connectivity index is 1.14. The van der Waals surface area contributed by atoms with Crippen LogP contribution in [-0.4, -0.2) is 33.1 Å². The predicted molar refractivity (Wildman–Crippen MR) is 148 cm³/mol. The minimum Gasteiger partial charge on any atom is -0.481 e. The number of nitrogens with zero attached hydrogens (tertiary/aromatic N) is 2. The molecule has 1 aliphatic heterocycles. The number of carboxylic acid groups (broad SMARTS) is 1. The number of unbranched alkanes of at least 4 members (excludes halogenated alkanes) is 1. The number of carbonyl (C=O) groups excluding carboxylic acids is 2. The molecule has 2 aromatic carbocycles. The summed E-state index contributed by atoms with van der Waals surface area (Å²) in [5.41, 5.74) is 9.52. The van der Waals surface area contributed by atoms with Crippen molar-refractivity contribution in [3.05, 3.63) is 100.0 Å². The second-order valence-electron chi connectivity index (χ2n) is 9.06. The molecule has 11 heteroatoms. The molecule has 0 spiro atoms. The number of allylic oxidation sites excluding steroid dienone is 3. The van der Waals surface area contributed by atoms with Gasteiger partial charge in [0.2, 0.25) is 16.9 Å². The number of aromatic nitrogens is 2. The molecule has 0 aliphatic carbocycles. The number of hydrogen-bond donors (Lipinski definition) is 5. The molecule has 0 unspecified atom stereocenters. The van der Waals surface area contributed by atoms with E-state index in [1.807, 2.05) is 42.5 Å². The van der Waals surface area contributed by atoms with Gasteiger partial charge in [-0.3, -0.25) is 19.8 Å². The SMILES string of the molecule is O=C(O)Cc1cccc(CC(=O)Nc2nnc(CCCCC3=CC=C(NC(=O)Cc4ccccc4)NN3)s2)c1. The smallest absolute Gasteiger partial charge is 0.307 e. The number of aryl methyl sites for hydroxylation is 1. The van der Waals surface area contributed by atoms with E-state index in [2.05, 4.69) is 31.7 Å². The van der Waals surface area contributed by atoms with Gasteiger partial charge in [0.1, 0.15) is 10.8 Å². The zero-order valence-electron chi connectivity index (χ0n) is 21.3. The van der Waals surface area contributed by atoms with Crippen LogP contribution >= 0.6 is 11.3 Å². The average Bonchev–Trinajstić information content (AvgIpc) is 3.34. The molecule has 0 saturated heterocycles. The predicted octanol–water partition coefficient (Wildman–Crippen LogP) is 3.25. The first-order chi connectivity index (χ1) is 18.9. The summed E-state index contributed by atoms with van der Waals surface area (Å²) in [5.74, 6) is -0.614. The third-order valence-corrected chi connectivity index (χ3v) is 6.70. The lowest BCUT2D eigenvalue weighted by Crippen LogP contribution is -2.41. The molecular weight excluding hydrogens is 516 g/mol. The van der Waals surface area contributed by atoms with E-state index in [0.717, 1.165) is 47.5 Å². The molecule has 5 N–H and O–H groups in total. The van der Waals surface area contributed by atoms with Gasteiger partial charge in [-0.15, -0.1) is 10.2 Å². The maximum atomic E-state index is 12.4. The van der Waals surface area contributed by atoms with Crippen LogP contribution in [0.25, 0.3) is 0 Å². The highest BCUT2D eigenvalue weighted by Crippen LogP contribution is 2.19. The lowest BCUT2D eigenvalue weighted by atomic mass is 10.1. The van der Waals surface area contributed by atoms with Gasteiger partial charge in [-0.1, -0.05) is 65.9 Å². The van der Waals surface area contributed by atoms with E-state index >= 15 is 0 Å². The number of hydrogen-bond acceptors (Lipinski definition) is 8. The Bertz CT molecular complexity index is 1370. The number of rotatable bonds is 13. The first-order valence-electron chi connectivity index (χ1n) is 12.6.